The Bertz CT molecular complexity index is 679. The van der Waals surface area contributed by atoms with Crippen LogP contribution in [0.2, 0.25) is 0 Å². The summed E-state index contributed by atoms with van der Waals surface area (Å²) in [5, 5.41) is 8.84. The van der Waals surface area contributed by atoms with Crippen LogP contribution < -0.4 is 0 Å². The highest BCUT2D eigenvalue weighted by Gasteiger charge is 2.31. The van der Waals surface area contributed by atoms with Crippen molar-refractivity contribution in [2.24, 2.45) is 0 Å². The molecule has 0 radical (unpaired) electrons. The van der Waals surface area contributed by atoms with Gasteiger partial charge in [0.15, 0.2) is 0 Å². The Morgan fingerprint density at radius 2 is 1.87 bits per heavy atom. The third kappa shape index (κ3) is 4.10. The number of nitrogens with zero attached hydrogens (tertiary/aromatic N) is 2. The lowest BCUT2D eigenvalue weighted by molar-refractivity contribution is -0.138. The van der Waals surface area contributed by atoms with Crippen molar-refractivity contribution in [1.29, 1.82) is 0 Å². The molecule has 1 heterocycles. The fourth-order valence-electron chi connectivity index (χ4n) is 2.89. The van der Waals surface area contributed by atoms with Crippen molar-refractivity contribution >= 4 is 16.0 Å². The Morgan fingerprint density at radius 3 is 2.39 bits per heavy atom. The second kappa shape index (κ2) is 6.98. The normalized spacial score (nSPS) is 17.6. The molecule has 128 valence electrons. The quantitative estimate of drug-likeness (QED) is 0.878. The molecule has 0 saturated carbocycles. The molecule has 1 aliphatic heterocycles. The van der Waals surface area contributed by atoms with E-state index < -0.39 is 16.0 Å². The summed E-state index contributed by atoms with van der Waals surface area (Å²) >= 11 is 0. The Balaban J connectivity index is 2.06. The van der Waals surface area contributed by atoms with Crippen LogP contribution in [0.3, 0.4) is 0 Å². The lowest BCUT2D eigenvalue weighted by atomic mass is 10.1. The summed E-state index contributed by atoms with van der Waals surface area (Å²) in [6, 6.07) is 5.31. The van der Waals surface area contributed by atoms with Crippen LogP contribution >= 0.6 is 0 Å². The van der Waals surface area contributed by atoms with Crippen molar-refractivity contribution in [3.05, 3.63) is 29.3 Å². The van der Waals surface area contributed by atoms with Gasteiger partial charge in [-0.1, -0.05) is 6.07 Å². The Kier molecular flexibility index (Phi) is 5.44. The number of likely N-dealkylation sites (N-methyl/N-ethyl adjacent to an activating group) is 1. The molecule has 1 saturated heterocycles. The van der Waals surface area contributed by atoms with Crippen molar-refractivity contribution < 1.29 is 18.3 Å². The summed E-state index contributed by atoms with van der Waals surface area (Å²) < 4.78 is 26.9. The van der Waals surface area contributed by atoms with Crippen LogP contribution in [0.1, 0.15) is 24.0 Å². The number of carboxylic acid groups (broad SMARTS) is 1. The van der Waals surface area contributed by atoms with Crippen LogP contribution in [0, 0.1) is 13.8 Å². The second-order valence-corrected chi connectivity index (χ2v) is 8.13. The molecule has 1 aromatic rings. The van der Waals surface area contributed by atoms with Gasteiger partial charge in [0.25, 0.3) is 0 Å². The largest absolute Gasteiger partial charge is 0.480 e. The minimum atomic E-state index is -3.47. The zero-order valence-corrected chi connectivity index (χ0v) is 14.6. The Hall–Kier alpha value is -1.44. The minimum Gasteiger partial charge on any atom is -0.480 e. The van der Waals surface area contributed by atoms with E-state index in [9.17, 15) is 13.2 Å². The molecule has 0 spiro atoms. The summed E-state index contributed by atoms with van der Waals surface area (Å²) in [4.78, 5) is 12.9. The molecule has 2 rings (SSSR count). The first-order valence-corrected chi connectivity index (χ1v) is 9.15. The number of carboxylic acids is 1. The molecule has 23 heavy (non-hydrogen) atoms. The van der Waals surface area contributed by atoms with Crippen LogP contribution in [-0.2, 0) is 14.8 Å². The first-order chi connectivity index (χ1) is 10.7. The molecule has 1 fully saturated rings. The molecule has 0 amide bonds. The molecule has 7 heteroatoms. The van der Waals surface area contributed by atoms with Crippen molar-refractivity contribution in [2.75, 3.05) is 26.7 Å². The van der Waals surface area contributed by atoms with Crippen molar-refractivity contribution in [3.63, 3.8) is 0 Å². The summed E-state index contributed by atoms with van der Waals surface area (Å²) in [6.07, 6.45) is 1.29. The van der Waals surface area contributed by atoms with Gasteiger partial charge >= 0.3 is 5.97 Å². The number of sulfonamides is 1. The van der Waals surface area contributed by atoms with Gasteiger partial charge in [0.1, 0.15) is 0 Å². The molecule has 1 N–H and O–H groups in total. The van der Waals surface area contributed by atoms with Crippen molar-refractivity contribution in [1.82, 2.24) is 9.21 Å². The van der Waals surface area contributed by atoms with Gasteiger partial charge in [-0.2, -0.15) is 4.31 Å². The van der Waals surface area contributed by atoms with Gasteiger partial charge in [-0.25, -0.2) is 8.42 Å². The van der Waals surface area contributed by atoms with Gasteiger partial charge in [-0.05, 0) is 57.0 Å². The monoisotopic (exact) mass is 340 g/mol. The van der Waals surface area contributed by atoms with E-state index in [1.807, 2.05) is 19.9 Å². The predicted molar refractivity (Wildman–Crippen MR) is 88.0 cm³/mol. The Morgan fingerprint density at radius 1 is 1.26 bits per heavy atom. The van der Waals surface area contributed by atoms with Crippen LogP contribution in [0.25, 0.3) is 0 Å². The lowest BCUT2D eigenvalue weighted by Crippen LogP contribution is -2.46. The molecular formula is C16H24N2O4S. The highest BCUT2D eigenvalue weighted by Crippen LogP contribution is 2.24. The summed E-state index contributed by atoms with van der Waals surface area (Å²) in [5.74, 6) is -0.863. The number of aryl methyl sites for hydroxylation is 2. The lowest BCUT2D eigenvalue weighted by Gasteiger charge is -2.35. The Labute approximate surface area is 137 Å². The van der Waals surface area contributed by atoms with Crippen LogP contribution in [0.5, 0.6) is 0 Å². The second-order valence-electron chi connectivity index (χ2n) is 6.19. The van der Waals surface area contributed by atoms with E-state index in [2.05, 4.69) is 0 Å². The van der Waals surface area contributed by atoms with Gasteiger partial charge in [-0.15, -0.1) is 0 Å². The maximum absolute atomic E-state index is 12.7. The third-order valence-corrected chi connectivity index (χ3v) is 6.44. The molecule has 0 atom stereocenters. The standard InChI is InChI=1S/C16H24N2O4S/c1-12-4-5-15(10-13(12)2)23(21,22)18-8-6-14(7-9-18)17(3)11-16(19)20/h4-5,10,14H,6-9,11H2,1-3H3,(H,19,20). The van der Waals surface area contributed by atoms with Gasteiger partial charge < -0.3 is 5.11 Å². The highest BCUT2D eigenvalue weighted by molar-refractivity contribution is 7.89. The molecule has 0 unspecified atom stereocenters. The van der Waals surface area contributed by atoms with E-state index >= 15 is 0 Å². The van der Waals surface area contributed by atoms with E-state index in [0.717, 1.165) is 11.1 Å². The van der Waals surface area contributed by atoms with Crippen LogP contribution in [-0.4, -0.2) is 61.4 Å². The van der Waals surface area contributed by atoms with E-state index in [0.29, 0.717) is 30.8 Å². The number of hydrogen-bond donors (Lipinski definition) is 1. The van der Waals surface area contributed by atoms with Crippen molar-refractivity contribution in [2.45, 2.75) is 37.6 Å². The SMILES string of the molecule is Cc1ccc(S(=O)(=O)N2CCC(N(C)CC(=O)O)CC2)cc1C. The highest BCUT2D eigenvalue weighted by atomic mass is 32.2. The molecule has 1 aromatic carbocycles. The van der Waals surface area contributed by atoms with Gasteiger partial charge in [0.05, 0.1) is 11.4 Å². The number of hydrogen-bond acceptors (Lipinski definition) is 4. The van der Waals surface area contributed by atoms with Crippen LogP contribution in [0.4, 0.5) is 0 Å². The fourth-order valence-corrected chi connectivity index (χ4v) is 4.44. The molecule has 1 aliphatic rings. The summed E-state index contributed by atoms with van der Waals surface area (Å²) in [5.41, 5.74) is 2.03. The summed E-state index contributed by atoms with van der Waals surface area (Å²) in [6.45, 7) is 4.68. The summed E-state index contributed by atoms with van der Waals surface area (Å²) in [7, 11) is -1.70. The smallest absolute Gasteiger partial charge is 0.317 e. The van der Waals surface area contributed by atoms with Gasteiger partial charge in [-0.3, -0.25) is 9.69 Å². The first-order valence-electron chi connectivity index (χ1n) is 7.71. The van der Waals surface area contributed by atoms with Gasteiger partial charge in [0, 0.05) is 19.1 Å². The number of rotatable bonds is 5. The zero-order chi connectivity index (χ0) is 17.2. The maximum atomic E-state index is 12.7. The van der Waals surface area contributed by atoms with Gasteiger partial charge in [0.2, 0.25) is 10.0 Å². The molecule has 0 bridgehead atoms. The molecular weight excluding hydrogens is 316 g/mol. The van der Waals surface area contributed by atoms with E-state index in [1.54, 1.807) is 24.1 Å². The molecule has 0 aliphatic carbocycles. The van der Waals surface area contributed by atoms with E-state index in [-0.39, 0.29) is 12.6 Å². The molecule has 0 aromatic heterocycles. The topological polar surface area (TPSA) is 77.9 Å². The average Bonchev–Trinajstić information content (AvgIpc) is 2.49. The zero-order valence-electron chi connectivity index (χ0n) is 13.8. The predicted octanol–water partition coefficient (Wildman–Crippen LogP) is 1.47. The van der Waals surface area contributed by atoms with E-state index in [4.69, 9.17) is 5.11 Å². The number of piperidine rings is 1. The van der Waals surface area contributed by atoms with E-state index in [1.165, 1.54) is 4.31 Å². The first kappa shape index (κ1) is 17.9. The van der Waals surface area contributed by atoms with Crippen LogP contribution in [0.15, 0.2) is 23.1 Å². The number of benzene rings is 1. The number of aliphatic carboxylic acids is 1. The fraction of sp³-hybridized carbons (Fsp3) is 0.562. The average molecular weight is 340 g/mol. The minimum absolute atomic E-state index is 0.0193. The maximum Gasteiger partial charge on any atom is 0.317 e. The number of carbonyl (C=O) groups is 1. The molecule has 6 nitrogen and oxygen atoms in total. The van der Waals surface area contributed by atoms with Crippen molar-refractivity contribution in [3.8, 4) is 0 Å². The third-order valence-electron chi connectivity index (χ3n) is 4.55.